The second-order valence-electron chi connectivity index (χ2n) is 5.68. The molecule has 1 amide bonds. The SMILES string of the molecule is Cc1ccc(C)c(NC(=O)[C@H](C)Sc2nncn2C(C)C)c1. The summed E-state index contributed by atoms with van der Waals surface area (Å²) >= 11 is 1.42. The van der Waals surface area contributed by atoms with Crippen LogP contribution in [0.5, 0.6) is 0 Å². The molecular weight excluding hydrogens is 296 g/mol. The zero-order valence-electron chi connectivity index (χ0n) is 13.6. The number of rotatable bonds is 5. The largest absolute Gasteiger partial charge is 0.325 e. The van der Waals surface area contributed by atoms with Crippen LogP contribution in [0.15, 0.2) is 29.7 Å². The van der Waals surface area contributed by atoms with Crippen molar-refractivity contribution in [2.24, 2.45) is 0 Å². The molecule has 0 saturated carbocycles. The van der Waals surface area contributed by atoms with Gasteiger partial charge in [0.05, 0.1) is 5.25 Å². The maximum absolute atomic E-state index is 12.4. The Balaban J connectivity index is 2.06. The summed E-state index contributed by atoms with van der Waals surface area (Å²) in [5, 5.41) is 11.5. The third-order valence-electron chi connectivity index (χ3n) is 3.40. The monoisotopic (exact) mass is 318 g/mol. The number of carbonyl (C=O) groups is 1. The van der Waals surface area contributed by atoms with Gasteiger partial charge in [0.1, 0.15) is 6.33 Å². The fraction of sp³-hybridized carbons (Fsp3) is 0.438. The first-order chi connectivity index (χ1) is 10.4. The van der Waals surface area contributed by atoms with Crippen molar-refractivity contribution in [3.8, 4) is 0 Å². The molecule has 1 aromatic heterocycles. The molecule has 1 atom stereocenters. The molecule has 0 radical (unpaired) electrons. The molecule has 6 heteroatoms. The van der Waals surface area contributed by atoms with Crippen LogP contribution in [0.2, 0.25) is 0 Å². The highest BCUT2D eigenvalue weighted by Gasteiger charge is 2.19. The van der Waals surface area contributed by atoms with E-state index in [9.17, 15) is 4.79 Å². The summed E-state index contributed by atoms with van der Waals surface area (Å²) in [5.74, 6) is -0.0305. The van der Waals surface area contributed by atoms with E-state index >= 15 is 0 Å². The van der Waals surface area contributed by atoms with Gasteiger partial charge in [0, 0.05) is 11.7 Å². The standard InChI is InChI=1S/C16H22N4OS/c1-10(2)20-9-17-19-16(20)22-13(5)15(21)18-14-8-11(3)6-7-12(14)4/h6-10,13H,1-5H3,(H,18,21)/t13-/m0/s1. The van der Waals surface area contributed by atoms with Crippen molar-refractivity contribution in [3.05, 3.63) is 35.7 Å². The maximum atomic E-state index is 12.4. The lowest BCUT2D eigenvalue weighted by Crippen LogP contribution is -2.23. The Hall–Kier alpha value is -1.82. The summed E-state index contributed by atoms with van der Waals surface area (Å²) in [4.78, 5) is 12.4. The molecule has 0 fully saturated rings. The highest BCUT2D eigenvalue weighted by Crippen LogP contribution is 2.25. The molecule has 22 heavy (non-hydrogen) atoms. The Bertz CT molecular complexity index is 666. The number of benzene rings is 1. The fourth-order valence-electron chi connectivity index (χ4n) is 1.99. The molecular formula is C16H22N4OS. The van der Waals surface area contributed by atoms with Crippen LogP contribution in [-0.4, -0.2) is 25.9 Å². The molecule has 2 rings (SSSR count). The maximum Gasteiger partial charge on any atom is 0.237 e. The number of hydrogen-bond acceptors (Lipinski definition) is 4. The zero-order chi connectivity index (χ0) is 16.3. The van der Waals surface area contributed by atoms with Gasteiger partial charge in [0.25, 0.3) is 0 Å². The van der Waals surface area contributed by atoms with E-state index in [4.69, 9.17) is 0 Å². The Morgan fingerprint density at radius 2 is 2.00 bits per heavy atom. The minimum atomic E-state index is -0.249. The molecule has 1 heterocycles. The van der Waals surface area contributed by atoms with Gasteiger partial charge in [-0.2, -0.15) is 0 Å². The number of aromatic nitrogens is 3. The fourth-order valence-corrected chi connectivity index (χ4v) is 2.94. The quantitative estimate of drug-likeness (QED) is 0.856. The van der Waals surface area contributed by atoms with Crippen molar-refractivity contribution in [2.45, 2.75) is 51.1 Å². The molecule has 0 aliphatic rings. The van der Waals surface area contributed by atoms with Crippen LogP contribution >= 0.6 is 11.8 Å². The highest BCUT2D eigenvalue weighted by molar-refractivity contribution is 8.00. The van der Waals surface area contributed by atoms with Gasteiger partial charge in [0.15, 0.2) is 5.16 Å². The van der Waals surface area contributed by atoms with E-state index in [2.05, 4.69) is 29.4 Å². The molecule has 1 N–H and O–H groups in total. The number of hydrogen-bond donors (Lipinski definition) is 1. The lowest BCUT2D eigenvalue weighted by atomic mass is 10.1. The van der Waals surface area contributed by atoms with Crippen molar-refractivity contribution in [1.29, 1.82) is 0 Å². The van der Waals surface area contributed by atoms with Gasteiger partial charge in [-0.25, -0.2) is 0 Å². The Labute approximate surface area is 135 Å². The average Bonchev–Trinajstić information content (AvgIpc) is 2.91. The van der Waals surface area contributed by atoms with E-state index in [0.29, 0.717) is 0 Å². The number of carbonyl (C=O) groups excluding carboxylic acids is 1. The van der Waals surface area contributed by atoms with Gasteiger partial charge in [-0.3, -0.25) is 4.79 Å². The number of aryl methyl sites for hydroxylation is 2. The van der Waals surface area contributed by atoms with Crippen LogP contribution in [0.25, 0.3) is 0 Å². The minimum absolute atomic E-state index is 0.0305. The number of thioether (sulfide) groups is 1. The molecule has 118 valence electrons. The van der Waals surface area contributed by atoms with Gasteiger partial charge >= 0.3 is 0 Å². The van der Waals surface area contributed by atoms with Crippen molar-refractivity contribution < 1.29 is 4.79 Å². The van der Waals surface area contributed by atoms with Crippen LogP contribution < -0.4 is 5.32 Å². The first-order valence-electron chi connectivity index (χ1n) is 7.32. The van der Waals surface area contributed by atoms with E-state index in [1.807, 2.05) is 43.5 Å². The second-order valence-corrected chi connectivity index (χ2v) is 6.99. The van der Waals surface area contributed by atoms with Crippen molar-refractivity contribution in [3.63, 3.8) is 0 Å². The zero-order valence-corrected chi connectivity index (χ0v) is 14.4. The summed E-state index contributed by atoms with van der Waals surface area (Å²) in [5.41, 5.74) is 3.05. The molecule has 2 aromatic rings. The smallest absolute Gasteiger partial charge is 0.237 e. The number of nitrogens with one attached hydrogen (secondary N) is 1. The first kappa shape index (κ1) is 16.5. The van der Waals surface area contributed by atoms with Crippen molar-refractivity contribution in [1.82, 2.24) is 14.8 Å². The van der Waals surface area contributed by atoms with Crippen LogP contribution in [0.4, 0.5) is 5.69 Å². The van der Waals surface area contributed by atoms with Crippen LogP contribution in [0.3, 0.4) is 0 Å². The van der Waals surface area contributed by atoms with Crippen LogP contribution in [-0.2, 0) is 4.79 Å². The number of anilines is 1. The summed E-state index contributed by atoms with van der Waals surface area (Å²) in [7, 11) is 0. The predicted molar refractivity (Wildman–Crippen MR) is 90.3 cm³/mol. The normalized spacial score (nSPS) is 12.5. The van der Waals surface area contributed by atoms with E-state index in [0.717, 1.165) is 22.0 Å². The molecule has 0 saturated heterocycles. The van der Waals surface area contributed by atoms with E-state index in [1.54, 1.807) is 6.33 Å². The summed E-state index contributed by atoms with van der Waals surface area (Å²) in [6, 6.07) is 6.31. The third kappa shape index (κ3) is 3.88. The van der Waals surface area contributed by atoms with Gasteiger partial charge in [-0.05, 0) is 51.8 Å². The second kappa shape index (κ2) is 6.96. The van der Waals surface area contributed by atoms with Gasteiger partial charge < -0.3 is 9.88 Å². The van der Waals surface area contributed by atoms with Crippen LogP contribution in [0, 0.1) is 13.8 Å². The first-order valence-corrected chi connectivity index (χ1v) is 8.20. The van der Waals surface area contributed by atoms with Gasteiger partial charge in [-0.1, -0.05) is 23.9 Å². The Morgan fingerprint density at radius 3 is 2.68 bits per heavy atom. The summed E-state index contributed by atoms with van der Waals surface area (Å²) < 4.78 is 1.96. The Kier molecular flexibility index (Phi) is 5.24. The molecule has 0 bridgehead atoms. The molecule has 1 aromatic carbocycles. The van der Waals surface area contributed by atoms with E-state index in [1.165, 1.54) is 11.8 Å². The van der Waals surface area contributed by atoms with Crippen LogP contribution in [0.1, 0.15) is 37.9 Å². The van der Waals surface area contributed by atoms with Gasteiger partial charge in [-0.15, -0.1) is 10.2 Å². The summed E-state index contributed by atoms with van der Waals surface area (Å²) in [6.45, 7) is 10.0. The number of nitrogens with zero attached hydrogens (tertiary/aromatic N) is 3. The molecule has 0 aliphatic carbocycles. The van der Waals surface area contributed by atoms with Crippen molar-refractivity contribution >= 4 is 23.4 Å². The highest BCUT2D eigenvalue weighted by atomic mass is 32.2. The lowest BCUT2D eigenvalue weighted by molar-refractivity contribution is -0.115. The average molecular weight is 318 g/mol. The Morgan fingerprint density at radius 1 is 1.27 bits per heavy atom. The minimum Gasteiger partial charge on any atom is -0.325 e. The predicted octanol–water partition coefficient (Wildman–Crippen LogP) is 3.60. The number of amides is 1. The molecule has 0 aliphatic heterocycles. The van der Waals surface area contributed by atoms with E-state index in [-0.39, 0.29) is 17.2 Å². The molecule has 0 spiro atoms. The topological polar surface area (TPSA) is 59.8 Å². The van der Waals surface area contributed by atoms with Crippen molar-refractivity contribution in [2.75, 3.05) is 5.32 Å². The lowest BCUT2D eigenvalue weighted by Gasteiger charge is -2.15. The van der Waals surface area contributed by atoms with E-state index < -0.39 is 0 Å². The summed E-state index contributed by atoms with van der Waals surface area (Å²) in [6.07, 6.45) is 1.70. The van der Waals surface area contributed by atoms with Gasteiger partial charge in [0.2, 0.25) is 5.91 Å². The third-order valence-corrected chi connectivity index (χ3v) is 4.47. The molecule has 0 unspecified atom stereocenters. The molecule has 5 nitrogen and oxygen atoms in total.